The molecule has 1 saturated carbocycles. The molecule has 1 saturated heterocycles. The minimum atomic E-state index is -2.50. The number of benzene rings is 1. The molecule has 20 heavy (non-hydrogen) atoms. The van der Waals surface area contributed by atoms with Crippen LogP contribution >= 0.6 is 0 Å². The van der Waals surface area contributed by atoms with Crippen LogP contribution in [0.3, 0.4) is 0 Å². The van der Waals surface area contributed by atoms with Gasteiger partial charge in [-0.1, -0.05) is 12.8 Å². The molecule has 0 radical (unpaired) electrons. The molecular weight excluding hydrogens is 262 g/mol. The van der Waals surface area contributed by atoms with Gasteiger partial charge in [0.05, 0.1) is 18.8 Å². The summed E-state index contributed by atoms with van der Waals surface area (Å²) in [4.78, 5) is 2.11. The number of fused-ring (bicyclic) bond motifs is 1. The molecular formula is C15H20F2N2O. The third kappa shape index (κ3) is 2.46. The lowest BCUT2D eigenvalue weighted by molar-refractivity contribution is -0.00896. The quantitative estimate of drug-likeness (QED) is 0.845. The van der Waals surface area contributed by atoms with E-state index in [4.69, 9.17) is 10.5 Å². The number of hydrogen-bond donors (Lipinski definition) is 1. The predicted molar refractivity (Wildman–Crippen MR) is 75.2 cm³/mol. The third-order valence-corrected chi connectivity index (χ3v) is 4.33. The van der Waals surface area contributed by atoms with Gasteiger partial charge >= 0.3 is 0 Å². The maximum Gasteiger partial charge on any atom is 0.265 e. The van der Waals surface area contributed by atoms with E-state index in [1.54, 1.807) is 12.1 Å². The second kappa shape index (κ2) is 5.56. The number of nitrogens with two attached hydrogens (primary N) is 1. The second-order valence-corrected chi connectivity index (χ2v) is 5.57. The van der Waals surface area contributed by atoms with Crippen LogP contribution in [0.5, 0.6) is 0 Å². The molecule has 1 heterocycles. The van der Waals surface area contributed by atoms with E-state index in [0.29, 0.717) is 24.5 Å². The van der Waals surface area contributed by atoms with E-state index < -0.39 is 6.43 Å². The fourth-order valence-corrected chi connectivity index (χ4v) is 3.40. The Morgan fingerprint density at radius 3 is 2.85 bits per heavy atom. The number of nitrogens with zero attached hydrogens (tertiary/aromatic N) is 1. The van der Waals surface area contributed by atoms with Crippen molar-refractivity contribution in [3.63, 3.8) is 0 Å². The molecule has 0 spiro atoms. The number of morpholine rings is 1. The van der Waals surface area contributed by atoms with Crippen molar-refractivity contribution in [2.24, 2.45) is 0 Å². The van der Waals surface area contributed by atoms with E-state index in [2.05, 4.69) is 4.90 Å². The summed E-state index contributed by atoms with van der Waals surface area (Å²) >= 11 is 0. The highest BCUT2D eigenvalue weighted by molar-refractivity contribution is 5.61. The highest BCUT2D eigenvalue weighted by Gasteiger charge is 2.35. The number of halogens is 2. The Morgan fingerprint density at radius 1 is 1.25 bits per heavy atom. The van der Waals surface area contributed by atoms with Gasteiger partial charge in [0.2, 0.25) is 0 Å². The van der Waals surface area contributed by atoms with E-state index in [0.717, 1.165) is 19.3 Å². The third-order valence-electron chi connectivity index (χ3n) is 4.33. The van der Waals surface area contributed by atoms with Crippen LogP contribution in [0.15, 0.2) is 18.2 Å². The molecule has 1 aromatic carbocycles. The number of ether oxygens (including phenoxy) is 1. The Balaban J connectivity index is 1.94. The van der Waals surface area contributed by atoms with Gasteiger partial charge in [-0.25, -0.2) is 8.78 Å². The van der Waals surface area contributed by atoms with Crippen LogP contribution in [0.2, 0.25) is 0 Å². The van der Waals surface area contributed by atoms with Crippen LogP contribution in [0.4, 0.5) is 20.2 Å². The smallest absolute Gasteiger partial charge is 0.265 e. The van der Waals surface area contributed by atoms with Gasteiger partial charge in [0.15, 0.2) is 0 Å². The summed E-state index contributed by atoms with van der Waals surface area (Å²) in [5.41, 5.74) is 6.69. The number of hydrogen-bond acceptors (Lipinski definition) is 3. The molecule has 1 aliphatic heterocycles. The first-order chi connectivity index (χ1) is 9.66. The first kappa shape index (κ1) is 13.6. The minimum Gasteiger partial charge on any atom is -0.399 e. The zero-order valence-electron chi connectivity index (χ0n) is 11.4. The molecule has 3 rings (SSSR count). The van der Waals surface area contributed by atoms with Gasteiger partial charge in [-0.15, -0.1) is 0 Å². The predicted octanol–water partition coefficient (Wildman–Crippen LogP) is 3.35. The van der Waals surface area contributed by atoms with Crippen LogP contribution < -0.4 is 10.6 Å². The molecule has 2 N–H and O–H groups in total. The van der Waals surface area contributed by atoms with E-state index in [-0.39, 0.29) is 17.7 Å². The number of anilines is 2. The Kier molecular flexibility index (Phi) is 3.78. The Morgan fingerprint density at radius 2 is 2.05 bits per heavy atom. The largest absolute Gasteiger partial charge is 0.399 e. The lowest BCUT2D eigenvalue weighted by atomic mass is 9.89. The lowest BCUT2D eigenvalue weighted by Crippen LogP contribution is -2.53. The average molecular weight is 282 g/mol. The van der Waals surface area contributed by atoms with Gasteiger partial charge in [-0.3, -0.25) is 0 Å². The van der Waals surface area contributed by atoms with Gasteiger partial charge in [-0.2, -0.15) is 0 Å². The zero-order valence-corrected chi connectivity index (χ0v) is 11.4. The summed E-state index contributed by atoms with van der Waals surface area (Å²) in [6, 6.07) is 5.05. The van der Waals surface area contributed by atoms with Crippen molar-refractivity contribution in [1.82, 2.24) is 0 Å². The second-order valence-electron chi connectivity index (χ2n) is 5.57. The molecule has 2 aliphatic rings. The summed E-state index contributed by atoms with van der Waals surface area (Å²) in [5, 5.41) is 0. The van der Waals surface area contributed by atoms with Crippen LogP contribution in [0.25, 0.3) is 0 Å². The maximum absolute atomic E-state index is 13.3. The SMILES string of the molecule is Nc1ccc(N2CCOC3CCCCC32)c(C(F)F)c1. The Bertz CT molecular complexity index is 479. The maximum atomic E-state index is 13.3. The molecule has 5 heteroatoms. The van der Waals surface area contributed by atoms with E-state index >= 15 is 0 Å². The highest BCUT2D eigenvalue weighted by atomic mass is 19.3. The average Bonchev–Trinajstić information content (AvgIpc) is 2.46. The molecule has 2 atom stereocenters. The number of alkyl halides is 2. The Labute approximate surface area is 117 Å². The molecule has 0 aromatic heterocycles. The first-order valence-electron chi connectivity index (χ1n) is 7.22. The number of nitrogen functional groups attached to an aromatic ring is 1. The van der Waals surface area contributed by atoms with Crippen LogP contribution in [-0.4, -0.2) is 25.3 Å². The van der Waals surface area contributed by atoms with E-state index in [1.165, 1.54) is 12.5 Å². The van der Waals surface area contributed by atoms with Crippen molar-refractivity contribution in [3.05, 3.63) is 23.8 Å². The summed E-state index contributed by atoms with van der Waals surface area (Å²) in [6.45, 7) is 1.28. The molecule has 1 aliphatic carbocycles. The van der Waals surface area contributed by atoms with Crippen LogP contribution in [-0.2, 0) is 4.74 Å². The van der Waals surface area contributed by atoms with Gasteiger partial charge in [0, 0.05) is 23.5 Å². The van der Waals surface area contributed by atoms with Gasteiger partial charge in [0.25, 0.3) is 6.43 Å². The molecule has 0 bridgehead atoms. The number of rotatable bonds is 2. The van der Waals surface area contributed by atoms with Crippen molar-refractivity contribution in [2.75, 3.05) is 23.8 Å². The normalized spacial score (nSPS) is 26.6. The summed E-state index contributed by atoms with van der Waals surface area (Å²) in [5.74, 6) is 0. The molecule has 1 aromatic rings. The van der Waals surface area contributed by atoms with Crippen molar-refractivity contribution >= 4 is 11.4 Å². The molecule has 3 nitrogen and oxygen atoms in total. The van der Waals surface area contributed by atoms with Crippen molar-refractivity contribution in [1.29, 1.82) is 0 Å². The summed E-state index contributed by atoms with van der Waals surface area (Å²) < 4.78 is 32.4. The standard InChI is InChI=1S/C15H20F2N2O/c16-15(17)11-9-10(18)5-6-12(11)19-7-8-20-14-4-2-1-3-13(14)19/h5-6,9,13-15H,1-4,7-8,18H2. The van der Waals surface area contributed by atoms with Crippen molar-refractivity contribution in [3.8, 4) is 0 Å². The molecule has 0 amide bonds. The summed E-state index contributed by atoms with van der Waals surface area (Å²) in [7, 11) is 0. The Hall–Kier alpha value is -1.36. The van der Waals surface area contributed by atoms with E-state index in [1.807, 2.05) is 0 Å². The molecule has 110 valence electrons. The monoisotopic (exact) mass is 282 g/mol. The molecule has 2 fully saturated rings. The van der Waals surface area contributed by atoms with Crippen LogP contribution in [0.1, 0.15) is 37.7 Å². The van der Waals surface area contributed by atoms with Gasteiger partial charge in [0.1, 0.15) is 0 Å². The lowest BCUT2D eigenvalue weighted by Gasteiger charge is -2.45. The minimum absolute atomic E-state index is 0.0382. The van der Waals surface area contributed by atoms with Crippen LogP contribution in [0, 0.1) is 0 Å². The fourth-order valence-electron chi connectivity index (χ4n) is 3.40. The topological polar surface area (TPSA) is 38.5 Å². The van der Waals surface area contributed by atoms with Crippen molar-refractivity contribution in [2.45, 2.75) is 44.3 Å². The zero-order chi connectivity index (χ0) is 14.1. The highest BCUT2D eigenvalue weighted by Crippen LogP contribution is 2.37. The van der Waals surface area contributed by atoms with E-state index in [9.17, 15) is 8.78 Å². The molecule has 2 unspecified atom stereocenters. The van der Waals surface area contributed by atoms with Gasteiger partial charge < -0.3 is 15.4 Å². The first-order valence-corrected chi connectivity index (χ1v) is 7.22. The van der Waals surface area contributed by atoms with Crippen molar-refractivity contribution < 1.29 is 13.5 Å². The van der Waals surface area contributed by atoms with Gasteiger partial charge in [-0.05, 0) is 31.0 Å². The summed E-state index contributed by atoms with van der Waals surface area (Å²) in [6.07, 6.45) is 2.02. The fraction of sp³-hybridized carbons (Fsp3) is 0.600.